The molecule has 0 aliphatic carbocycles. The summed E-state index contributed by atoms with van der Waals surface area (Å²) in [7, 11) is 0. The van der Waals surface area contributed by atoms with Crippen molar-refractivity contribution in [3.05, 3.63) is 88.0 Å². The molecule has 1 amide bonds. The molecule has 0 radical (unpaired) electrons. The van der Waals surface area contributed by atoms with Gasteiger partial charge in [0.1, 0.15) is 5.58 Å². The minimum Gasteiger partial charge on any atom is -0.450 e. The van der Waals surface area contributed by atoms with Gasteiger partial charge in [0, 0.05) is 44.0 Å². The van der Waals surface area contributed by atoms with E-state index in [1.807, 2.05) is 42.5 Å². The number of morpholine rings is 1. The lowest BCUT2D eigenvalue weighted by Crippen LogP contribution is -2.38. The molecule has 34 heavy (non-hydrogen) atoms. The molecule has 0 N–H and O–H groups in total. The van der Waals surface area contributed by atoms with Crippen LogP contribution < -0.4 is 5.43 Å². The number of hydrogen-bond donors (Lipinski definition) is 0. The number of pyridine rings is 1. The van der Waals surface area contributed by atoms with Gasteiger partial charge in [0.15, 0.2) is 5.43 Å². The zero-order valence-electron chi connectivity index (χ0n) is 18.8. The Balaban J connectivity index is 1.44. The molecule has 0 bridgehead atoms. The second-order valence-corrected chi connectivity index (χ2v) is 8.83. The summed E-state index contributed by atoms with van der Waals surface area (Å²) in [5, 5.41) is 2.30. The summed E-state index contributed by atoms with van der Waals surface area (Å²) in [6.45, 7) is 4.70. The van der Waals surface area contributed by atoms with E-state index < -0.39 is 6.04 Å². The van der Waals surface area contributed by atoms with E-state index in [-0.39, 0.29) is 17.1 Å². The molecule has 4 heterocycles. The van der Waals surface area contributed by atoms with Crippen LogP contribution in [0.3, 0.4) is 0 Å². The van der Waals surface area contributed by atoms with E-state index in [1.165, 1.54) is 0 Å². The molecule has 7 nitrogen and oxygen atoms in total. The van der Waals surface area contributed by atoms with Crippen molar-refractivity contribution in [2.45, 2.75) is 12.5 Å². The van der Waals surface area contributed by atoms with Crippen molar-refractivity contribution < 1.29 is 13.9 Å². The van der Waals surface area contributed by atoms with Gasteiger partial charge in [-0.15, -0.1) is 0 Å². The van der Waals surface area contributed by atoms with Crippen molar-refractivity contribution in [1.29, 1.82) is 0 Å². The lowest BCUT2D eigenvalue weighted by Gasteiger charge is -2.29. The van der Waals surface area contributed by atoms with E-state index in [4.69, 9.17) is 9.15 Å². The van der Waals surface area contributed by atoms with Gasteiger partial charge in [-0.05, 0) is 35.6 Å². The summed E-state index contributed by atoms with van der Waals surface area (Å²) < 4.78 is 11.7. The van der Waals surface area contributed by atoms with Crippen molar-refractivity contribution in [2.75, 3.05) is 39.4 Å². The molecule has 1 atom stereocenters. The van der Waals surface area contributed by atoms with Gasteiger partial charge in [-0.3, -0.25) is 19.5 Å². The van der Waals surface area contributed by atoms with Crippen LogP contribution in [0.4, 0.5) is 0 Å². The third kappa shape index (κ3) is 3.48. The smallest absolute Gasteiger partial charge is 0.290 e. The van der Waals surface area contributed by atoms with Crippen LogP contribution in [-0.2, 0) is 4.74 Å². The number of benzene rings is 2. The number of fused-ring (bicyclic) bond motifs is 4. The van der Waals surface area contributed by atoms with Crippen molar-refractivity contribution in [1.82, 2.24) is 14.8 Å². The minimum absolute atomic E-state index is 0.146. The normalized spacial score (nSPS) is 18.6. The van der Waals surface area contributed by atoms with E-state index in [0.29, 0.717) is 23.1 Å². The fourth-order valence-corrected chi connectivity index (χ4v) is 5.16. The number of aromatic nitrogens is 1. The second-order valence-electron chi connectivity index (χ2n) is 8.83. The van der Waals surface area contributed by atoms with Crippen LogP contribution in [0.15, 0.2) is 70.1 Å². The predicted molar refractivity (Wildman–Crippen MR) is 129 cm³/mol. The number of nitrogens with zero attached hydrogens (tertiary/aromatic N) is 3. The largest absolute Gasteiger partial charge is 0.450 e. The third-order valence-corrected chi connectivity index (χ3v) is 6.86. The highest BCUT2D eigenvalue weighted by Crippen LogP contribution is 2.39. The molecule has 1 fully saturated rings. The third-order valence-electron chi connectivity index (χ3n) is 6.86. The van der Waals surface area contributed by atoms with E-state index in [9.17, 15) is 9.59 Å². The number of rotatable bonds is 5. The zero-order valence-corrected chi connectivity index (χ0v) is 18.8. The van der Waals surface area contributed by atoms with Crippen molar-refractivity contribution in [3.63, 3.8) is 0 Å². The summed E-state index contributed by atoms with van der Waals surface area (Å²) in [6, 6.07) is 14.7. The van der Waals surface area contributed by atoms with Crippen LogP contribution in [0.2, 0.25) is 0 Å². The molecule has 2 aromatic heterocycles. The molecule has 7 heteroatoms. The molecular formula is C27H25N3O4. The van der Waals surface area contributed by atoms with Gasteiger partial charge in [0.05, 0.1) is 30.2 Å². The fourth-order valence-electron chi connectivity index (χ4n) is 5.16. The molecule has 2 aliphatic heterocycles. The van der Waals surface area contributed by atoms with E-state index in [0.717, 1.165) is 55.6 Å². The SMILES string of the molecule is O=C1c2oc3c(ccc4ccccc43)c(=O)c2C(c2ccncc2)N1CCCN1CCOCC1. The molecule has 1 unspecified atom stereocenters. The molecule has 2 aromatic carbocycles. The summed E-state index contributed by atoms with van der Waals surface area (Å²) in [4.78, 5) is 35.7. The topological polar surface area (TPSA) is 75.9 Å². The minimum atomic E-state index is -0.484. The van der Waals surface area contributed by atoms with E-state index in [2.05, 4.69) is 9.88 Å². The monoisotopic (exact) mass is 455 g/mol. The number of hydrogen-bond acceptors (Lipinski definition) is 6. The van der Waals surface area contributed by atoms with E-state index >= 15 is 0 Å². The van der Waals surface area contributed by atoms with Crippen LogP contribution in [0.25, 0.3) is 21.7 Å². The Morgan fingerprint density at radius 3 is 2.53 bits per heavy atom. The van der Waals surface area contributed by atoms with Crippen molar-refractivity contribution in [3.8, 4) is 0 Å². The fraction of sp³-hybridized carbons (Fsp3) is 0.296. The van der Waals surface area contributed by atoms with Gasteiger partial charge in [-0.1, -0.05) is 30.3 Å². The summed E-state index contributed by atoms with van der Waals surface area (Å²) >= 11 is 0. The molecule has 0 spiro atoms. The Morgan fingerprint density at radius 2 is 1.71 bits per heavy atom. The quantitative estimate of drug-likeness (QED) is 0.428. The molecular weight excluding hydrogens is 430 g/mol. The zero-order chi connectivity index (χ0) is 23.1. The maximum atomic E-state index is 13.8. The number of carbonyl (C=O) groups is 1. The van der Waals surface area contributed by atoms with Crippen LogP contribution in [0.1, 0.15) is 34.1 Å². The first-order chi connectivity index (χ1) is 16.7. The first kappa shape index (κ1) is 21.0. The van der Waals surface area contributed by atoms with Gasteiger partial charge in [-0.2, -0.15) is 0 Å². The summed E-state index contributed by atoms with van der Waals surface area (Å²) in [5.74, 6) is -0.0761. The first-order valence-corrected chi connectivity index (χ1v) is 11.7. The molecule has 1 saturated heterocycles. The average molecular weight is 456 g/mol. The Labute approximate surface area is 196 Å². The first-order valence-electron chi connectivity index (χ1n) is 11.7. The van der Waals surface area contributed by atoms with Crippen LogP contribution in [0, 0.1) is 0 Å². The Hall–Kier alpha value is -3.55. The van der Waals surface area contributed by atoms with Gasteiger partial charge in [-0.25, -0.2) is 0 Å². The van der Waals surface area contributed by atoms with Gasteiger partial charge in [0.2, 0.25) is 5.76 Å². The van der Waals surface area contributed by atoms with Crippen molar-refractivity contribution in [2.24, 2.45) is 0 Å². The Bertz CT molecular complexity index is 1430. The Morgan fingerprint density at radius 1 is 0.912 bits per heavy atom. The van der Waals surface area contributed by atoms with E-state index in [1.54, 1.807) is 23.4 Å². The number of amides is 1. The summed E-state index contributed by atoms with van der Waals surface area (Å²) in [6.07, 6.45) is 4.19. The predicted octanol–water partition coefficient (Wildman–Crippen LogP) is 3.61. The lowest BCUT2D eigenvalue weighted by atomic mass is 9.98. The highest BCUT2D eigenvalue weighted by atomic mass is 16.5. The number of ether oxygens (including phenoxy) is 1. The molecule has 4 aromatic rings. The van der Waals surface area contributed by atoms with Crippen LogP contribution in [-0.4, -0.2) is 60.1 Å². The Kier molecular flexibility index (Phi) is 5.36. The molecule has 2 aliphatic rings. The molecule has 6 rings (SSSR count). The van der Waals surface area contributed by atoms with Crippen molar-refractivity contribution >= 4 is 27.6 Å². The maximum absolute atomic E-state index is 13.8. The molecule has 0 saturated carbocycles. The van der Waals surface area contributed by atoms with Gasteiger partial charge in [0.25, 0.3) is 5.91 Å². The number of carbonyl (C=O) groups excluding carboxylic acids is 1. The molecule has 172 valence electrons. The van der Waals surface area contributed by atoms with Crippen LogP contribution >= 0.6 is 0 Å². The standard InChI is InChI=1S/C27H25N3O4/c31-24-21-7-6-18-4-1-2-5-20(18)25(21)34-26-22(24)23(19-8-10-28-11-9-19)30(27(26)32)13-3-12-29-14-16-33-17-15-29/h1-2,4-11,23H,3,12-17H2. The highest BCUT2D eigenvalue weighted by molar-refractivity contribution is 6.06. The lowest BCUT2D eigenvalue weighted by molar-refractivity contribution is 0.0353. The second kappa shape index (κ2) is 8.66. The van der Waals surface area contributed by atoms with Crippen LogP contribution in [0.5, 0.6) is 0 Å². The average Bonchev–Trinajstić information content (AvgIpc) is 3.17. The van der Waals surface area contributed by atoms with Gasteiger partial charge < -0.3 is 14.1 Å². The maximum Gasteiger partial charge on any atom is 0.290 e. The summed E-state index contributed by atoms with van der Waals surface area (Å²) in [5.41, 5.74) is 1.61. The highest BCUT2D eigenvalue weighted by Gasteiger charge is 2.42. The van der Waals surface area contributed by atoms with Gasteiger partial charge >= 0.3 is 0 Å².